The third-order valence-corrected chi connectivity index (χ3v) is 5.34. The third kappa shape index (κ3) is 5.75. The van der Waals surface area contributed by atoms with Gasteiger partial charge in [0.2, 0.25) is 5.95 Å². The summed E-state index contributed by atoms with van der Waals surface area (Å²) in [7, 11) is 1.69. The zero-order chi connectivity index (χ0) is 23.0. The molecular weight excluding hydrogens is 416 g/mol. The van der Waals surface area contributed by atoms with Crippen molar-refractivity contribution in [3.05, 3.63) is 65.6 Å². The topological polar surface area (TPSA) is 116 Å². The molecule has 4 rings (SSSR count). The minimum Gasteiger partial charge on any atom is -0.496 e. The molecule has 0 atom stereocenters. The third-order valence-electron chi connectivity index (χ3n) is 5.34. The van der Waals surface area contributed by atoms with Crippen LogP contribution in [-0.4, -0.2) is 38.4 Å². The average Bonchev–Trinajstić information content (AvgIpc) is 3.23. The van der Waals surface area contributed by atoms with Crippen molar-refractivity contribution in [2.75, 3.05) is 24.7 Å². The Morgan fingerprint density at radius 3 is 2.67 bits per heavy atom. The Bertz CT molecular complexity index is 1190. The molecule has 0 amide bonds. The van der Waals surface area contributed by atoms with Gasteiger partial charge in [-0.25, -0.2) is 4.98 Å². The SMILES string of the molecule is CCCCNc1nc(N)nc2cn(Cc3ccc(CNCc4ccncc4)cc3OC)nc12. The number of nitrogens with one attached hydrogen (secondary N) is 2. The molecule has 0 bridgehead atoms. The van der Waals surface area contributed by atoms with Gasteiger partial charge in [-0.15, -0.1) is 0 Å². The predicted octanol–water partition coefficient (Wildman–Crippen LogP) is 3.36. The van der Waals surface area contributed by atoms with Gasteiger partial charge in [-0.2, -0.15) is 10.1 Å². The maximum atomic E-state index is 5.90. The molecule has 0 radical (unpaired) electrons. The largest absolute Gasteiger partial charge is 0.496 e. The summed E-state index contributed by atoms with van der Waals surface area (Å²) in [6, 6.07) is 10.3. The normalized spacial score (nSPS) is 11.1. The van der Waals surface area contributed by atoms with Gasteiger partial charge in [0.25, 0.3) is 0 Å². The molecule has 0 aliphatic heterocycles. The molecule has 0 aliphatic carbocycles. The summed E-state index contributed by atoms with van der Waals surface area (Å²) in [5.41, 5.74) is 10.7. The van der Waals surface area contributed by atoms with Crippen LogP contribution in [0.25, 0.3) is 11.0 Å². The first-order chi connectivity index (χ1) is 16.2. The molecule has 0 saturated heterocycles. The average molecular weight is 447 g/mol. The van der Waals surface area contributed by atoms with Gasteiger partial charge in [-0.1, -0.05) is 25.5 Å². The van der Waals surface area contributed by atoms with Crippen LogP contribution in [0.1, 0.15) is 36.5 Å². The number of aromatic nitrogens is 5. The predicted molar refractivity (Wildman–Crippen MR) is 130 cm³/mol. The quantitative estimate of drug-likeness (QED) is 0.300. The highest BCUT2D eigenvalue weighted by atomic mass is 16.5. The van der Waals surface area contributed by atoms with Gasteiger partial charge in [0.05, 0.1) is 19.9 Å². The van der Waals surface area contributed by atoms with Crippen molar-refractivity contribution in [2.45, 2.75) is 39.4 Å². The first kappa shape index (κ1) is 22.5. The lowest BCUT2D eigenvalue weighted by Gasteiger charge is -2.12. The molecule has 33 heavy (non-hydrogen) atoms. The first-order valence-electron chi connectivity index (χ1n) is 11.2. The lowest BCUT2D eigenvalue weighted by molar-refractivity contribution is 0.406. The molecule has 4 N–H and O–H groups in total. The van der Waals surface area contributed by atoms with Crippen molar-refractivity contribution in [1.82, 2.24) is 30.0 Å². The summed E-state index contributed by atoms with van der Waals surface area (Å²) in [5.74, 6) is 1.74. The maximum Gasteiger partial charge on any atom is 0.222 e. The van der Waals surface area contributed by atoms with Crippen LogP contribution in [0.5, 0.6) is 5.75 Å². The first-order valence-corrected chi connectivity index (χ1v) is 11.2. The Labute approximate surface area is 193 Å². The van der Waals surface area contributed by atoms with E-state index in [1.165, 1.54) is 5.56 Å². The van der Waals surface area contributed by atoms with Crippen molar-refractivity contribution in [1.29, 1.82) is 0 Å². The van der Waals surface area contributed by atoms with Crippen molar-refractivity contribution in [3.63, 3.8) is 0 Å². The van der Waals surface area contributed by atoms with Crippen molar-refractivity contribution in [2.24, 2.45) is 0 Å². The maximum absolute atomic E-state index is 5.90. The molecule has 9 nitrogen and oxygen atoms in total. The highest BCUT2D eigenvalue weighted by molar-refractivity contribution is 5.85. The number of ether oxygens (including phenoxy) is 1. The van der Waals surface area contributed by atoms with E-state index >= 15 is 0 Å². The summed E-state index contributed by atoms with van der Waals surface area (Å²) in [6.07, 6.45) is 7.64. The van der Waals surface area contributed by atoms with Crippen LogP contribution in [0.15, 0.2) is 48.9 Å². The van der Waals surface area contributed by atoms with Gasteiger partial charge in [-0.3, -0.25) is 9.67 Å². The van der Waals surface area contributed by atoms with Gasteiger partial charge in [0.1, 0.15) is 11.3 Å². The second-order valence-electron chi connectivity index (χ2n) is 7.88. The van der Waals surface area contributed by atoms with Gasteiger partial charge >= 0.3 is 0 Å². The van der Waals surface area contributed by atoms with Crippen LogP contribution < -0.4 is 21.1 Å². The molecule has 3 heterocycles. The second kappa shape index (κ2) is 10.7. The second-order valence-corrected chi connectivity index (χ2v) is 7.88. The molecular formula is C24H30N8O. The van der Waals surface area contributed by atoms with E-state index in [1.54, 1.807) is 19.5 Å². The molecule has 3 aromatic heterocycles. The zero-order valence-electron chi connectivity index (χ0n) is 19.1. The summed E-state index contributed by atoms with van der Waals surface area (Å²) >= 11 is 0. The number of rotatable bonds is 11. The van der Waals surface area contributed by atoms with Crippen LogP contribution in [0.2, 0.25) is 0 Å². The number of nitrogens with two attached hydrogens (primary N) is 1. The molecule has 0 saturated carbocycles. The van der Waals surface area contributed by atoms with E-state index in [0.29, 0.717) is 12.4 Å². The molecule has 0 unspecified atom stereocenters. The van der Waals surface area contributed by atoms with Crippen molar-refractivity contribution in [3.8, 4) is 5.75 Å². The fourth-order valence-corrected chi connectivity index (χ4v) is 3.62. The highest BCUT2D eigenvalue weighted by Crippen LogP contribution is 2.24. The van der Waals surface area contributed by atoms with Gasteiger partial charge in [0, 0.05) is 37.6 Å². The number of hydrogen-bond acceptors (Lipinski definition) is 8. The Kier molecular flexibility index (Phi) is 7.31. The fourth-order valence-electron chi connectivity index (χ4n) is 3.62. The molecule has 9 heteroatoms. The summed E-state index contributed by atoms with van der Waals surface area (Å²) in [6.45, 7) is 5.05. The van der Waals surface area contributed by atoms with Crippen LogP contribution in [-0.2, 0) is 19.6 Å². The number of methoxy groups -OCH3 is 1. The zero-order valence-corrected chi connectivity index (χ0v) is 19.1. The van der Waals surface area contributed by atoms with E-state index in [-0.39, 0.29) is 5.95 Å². The smallest absolute Gasteiger partial charge is 0.222 e. The van der Waals surface area contributed by atoms with Crippen LogP contribution in [0.4, 0.5) is 11.8 Å². The van der Waals surface area contributed by atoms with E-state index in [2.05, 4.69) is 50.7 Å². The van der Waals surface area contributed by atoms with Crippen LogP contribution in [0.3, 0.4) is 0 Å². The monoisotopic (exact) mass is 446 g/mol. The Hall–Kier alpha value is -3.72. The minimum atomic E-state index is 0.238. The number of hydrogen-bond donors (Lipinski definition) is 3. The van der Waals surface area contributed by atoms with Gasteiger partial charge < -0.3 is 21.1 Å². The van der Waals surface area contributed by atoms with E-state index < -0.39 is 0 Å². The number of fused-ring (bicyclic) bond motifs is 1. The van der Waals surface area contributed by atoms with E-state index in [1.807, 2.05) is 23.0 Å². The van der Waals surface area contributed by atoms with Crippen molar-refractivity contribution < 1.29 is 4.74 Å². The number of anilines is 2. The molecule has 0 aliphatic rings. The molecule has 0 spiro atoms. The standard InChI is InChI=1S/C24H30N8O/c1-3-4-9-28-23-22-20(29-24(25)30-23)16-32(31-22)15-19-6-5-18(12-21(19)33-2)14-27-13-17-7-10-26-11-8-17/h5-8,10-12,16,27H,3-4,9,13-15H2,1-2H3,(H3,25,28,29,30). The Morgan fingerprint density at radius 2 is 1.88 bits per heavy atom. The van der Waals surface area contributed by atoms with E-state index in [0.717, 1.165) is 60.4 Å². The minimum absolute atomic E-state index is 0.238. The number of unbranched alkanes of at least 4 members (excludes halogenated alkanes) is 1. The number of nitrogen functional groups attached to an aromatic ring is 1. The van der Waals surface area contributed by atoms with E-state index in [9.17, 15) is 0 Å². The molecule has 172 valence electrons. The number of nitrogens with zero attached hydrogens (tertiary/aromatic N) is 5. The number of benzene rings is 1. The molecule has 0 fully saturated rings. The Balaban J connectivity index is 1.47. The van der Waals surface area contributed by atoms with E-state index in [4.69, 9.17) is 15.6 Å². The summed E-state index contributed by atoms with van der Waals surface area (Å²) in [5, 5.41) is 11.5. The summed E-state index contributed by atoms with van der Waals surface area (Å²) < 4.78 is 7.52. The van der Waals surface area contributed by atoms with Gasteiger partial charge in [0.15, 0.2) is 11.3 Å². The molecule has 1 aromatic carbocycles. The lowest BCUT2D eigenvalue weighted by atomic mass is 10.1. The van der Waals surface area contributed by atoms with Gasteiger partial charge in [-0.05, 0) is 35.7 Å². The molecule has 4 aromatic rings. The van der Waals surface area contributed by atoms with Crippen LogP contribution in [0, 0.1) is 0 Å². The van der Waals surface area contributed by atoms with Crippen molar-refractivity contribution >= 4 is 22.8 Å². The fraction of sp³-hybridized carbons (Fsp3) is 0.333. The highest BCUT2D eigenvalue weighted by Gasteiger charge is 2.13. The Morgan fingerprint density at radius 1 is 1.06 bits per heavy atom. The number of pyridine rings is 1. The van der Waals surface area contributed by atoms with Crippen LogP contribution >= 0.6 is 0 Å². The summed E-state index contributed by atoms with van der Waals surface area (Å²) in [4.78, 5) is 12.7. The lowest BCUT2D eigenvalue weighted by Crippen LogP contribution is -2.13.